The molecule has 1 atom stereocenters. The molecule has 7 nitrogen and oxygen atoms in total. The van der Waals surface area contributed by atoms with Crippen molar-refractivity contribution >= 4 is 5.91 Å². The van der Waals surface area contributed by atoms with Gasteiger partial charge in [0.1, 0.15) is 0 Å². The van der Waals surface area contributed by atoms with E-state index in [9.17, 15) is 4.79 Å². The highest BCUT2D eigenvalue weighted by molar-refractivity contribution is 5.79. The standard InChI is InChI=1S/C20H33N5O2/c1-2-18-21-19(27-22-18)15-23-12-7-17(8-13-23)25-11-5-6-16(14-25)20(26)24-9-3-4-10-24/h16-17H,2-15H2,1H3/t16-/m0/s1. The number of rotatable bonds is 5. The van der Waals surface area contributed by atoms with Gasteiger partial charge in [-0.1, -0.05) is 12.1 Å². The number of hydrogen-bond donors (Lipinski definition) is 0. The molecule has 1 aromatic rings. The molecule has 3 aliphatic rings. The van der Waals surface area contributed by atoms with Crippen LogP contribution in [0.15, 0.2) is 4.52 Å². The average Bonchev–Trinajstić information content (AvgIpc) is 3.40. The normalized spacial score (nSPS) is 26.0. The van der Waals surface area contributed by atoms with Crippen molar-refractivity contribution in [2.24, 2.45) is 5.92 Å². The number of nitrogens with zero attached hydrogens (tertiary/aromatic N) is 5. The van der Waals surface area contributed by atoms with E-state index in [1.54, 1.807) is 0 Å². The van der Waals surface area contributed by atoms with E-state index in [0.29, 0.717) is 11.9 Å². The minimum Gasteiger partial charge on any atom is -0.342 e. The zero-order valence-electron chi connectivity index (χ0n) is 16.6. The summed E-state index contributed by atoms with van der Waals surface area (Å²) in [6.07, 6.45) is 7.74. The van der Waals surface area contributed by atoms with Gasteiger partial charge in [0.25, 0.3) is 0 Å². The number of hydrogen-bond acceptors (Lipinski definition) is 6. The van der Waals surface area contributed by atoms with Crippen LogP contribution in [0.25, 0.3) is 0 Å². The first-order chi connectivity index (χ1) is 13.2. The van der Waals surface area contributed by atoms with Crippen LogP contribution in [0.1, 0.15) is 57.2 Å². The molecule has 0 spiro atoms. The number of carbonyl (C=O) groups is 1. The van der Waals surface area contributed by atoms with Crippen molar-refractivity contribution in [3.8, 4) is 0 Å². The number of piperidine rings is 2. The lowest BCUT2D eigenvalue weighted by molar-refractivity contribution is -0.136. The number of amides is 1. The third-order valence-corrected chi connectivity index (χ3v) is 6.48. The van der Waals surface area contributed by atoms with E-state index in [1.165, 1.54) is 25.7 Å². The number of aryl methyl sites for hydroxylation is 1. The number of likely N-dealkylation sites (tertiary alicyclic amines) is 3. The highest BCUT2D eigenvalue weighted by Gasteiger charge is 2.34. The lowest BCUT2D eigenvalue weighted by Crippen LogP contribution is -2.51. The fraction of sp³-hybridized carbons (Fsp3) is 0.850. The lowest BCUT2D eigenvalue weighted by Gasteiger charge is -2.42. The zero-order chi connectivity index (χ0) is 18.6. The molecular formula is C20H33N5O2. The molecular weight excluding hydrogens is 342 g/mol. The van der Waals surface area contributed by atoms with Crippen molar-refractivity contribution in [3.63, 3.8) is 0 Å². The van der Waals surface area contributed by atoms with Gasteiger partial charge in [-0.05, 0) is 45.1 Å². The van der Waals surface area contributed by atoms with Gasteiger partial charge in [-0.25, -0.2) is 0 Å². The van der Waals surface area contributed by atoms with Crippen LogP contribution in [0, 0.1) is 5.92 Å². The van der Waals surface area contributed by atoms with Crippen LogP contribution in [-0.2, 0) is 17.8 Å². The second-order valence-corrected chi connectivity index (χ2v) is 8.33. The monoisotopic (exact) mass is 375 g/mol. The van der Waals surface area contributed by atoms with Crippen molar-refractivity contribution in [1.29, 1.82) is 0 Å². The Morgan fingerprint density at radius 1 is 1.07 bits per heavy atom. The van der Waals surface area contributed by atoms with Crippen LogP contribution in [0.3, 0.4) is 0 Å². The largest absolute Gasteiger partial charge is 0.342 e. The number of aromatic nitrogens is 2. The summed E-state index contributed by atoms with van der Waals surface area (Å²) >= 11 is 0. The summed E-state index contributed by atoms with van der Waals surface area (Å²) in [5.41, 5.74) is 0. The summed E-state index contributed by atoms with van der Waals surface area (Å²) in [6.45, 7) is 9.00. The molecule has 0 saturated carbocycles. The van der Waals surface area contributed by atoms with E-state index in [1.807, 2.05) is 6.92 Å². The van der Waals surface area contributed by atoms with Crippen LogP contribution in [0.5, 0.6) is 0 Å². The second kappa shape index (κ2) is 8.69. The van der Waals surface area contributed by atoms with Crippen molar-refractivity contribution < 1.29 is 9.32 Å². The molecule has 150 valence electrons. The Morgan fingerprint density at radius 2 is 1.85 bits per heavy atom. The molecule has 0 aromatic carbocycles. The molecule has 3 aliphatic heterocycles. The van der Waals surface area contributed by atoms with Crippen LogP contribution >= 0.6 is 0 Å². The average molecular weight is 376 g/mol. The molecule has 27 heavy (non-hydrogen) atoms. The minimum absolute atomic E-state index is 0.223. The van der Waals surface area contributed by atoms with Gasteiger partial charge in [-0.15, -0.1) is 0 Å². The molecule has 0 unspecified atom stereocenters. The fourth-order valence-corrected chi connectivity index (χ4v) is 4.87. The van der Waals surface area contributed by atoms with E-state index in [4.69, 9.17) is 4.52 Å². The van der Waals surface area contributed by atoms with Crippen molar-refractivity contribution in [1.82, 2.24) is 24.8 Å². The number of carbonyl (C=O) groups excluding carboxylic acids is 1. The second-order valence-electron chi connectivity index (χ2n) is 8.33. The first-order valence-corrected chi connectivity index (χ1v) is 10.8. The minimum atomic E-state index is 0.223. The summed E-state index contributed by atoms with van der Waals surface area (Å²) in [7, 11) is 0. The zero-order valence-corrected chi connectivity index (χ0v) is 16.6. The van der Waals surface area contributed by atoms with Crippen LogP contribution < -0.4 is 0 Å². The maximum Gasteiger partial charge on any atom is 0.240 e. The van der Waals surface area contributed by atoms with Gasteiger partial charge in [0.15, 0.2) is 5.82 Å². The van der Waals surface area contributed by atoms with Crippen molar-refractivity contribution in [2.45, 2.75) is 64.5 Å². The Kier molecular flexibility index (Phi) is 6.08. The molecule has 0 bridgehead atoms. The topological polar surface area (TPSA) is 65.7 Å². The van der Waals surface area contributed by atoms with Gasteiger partial charge in [0.2, 0.25) is 11.8 Å². The Hall–Kier alpha value is -1.47. The molecule has 3 saturated heterocycles. The maximum absolute atomic E-state index is 12.8. The van der Waals surface area contributed by atoms with Gasteiger partial charge < -0.3 is 9.42 Å². The van der Waals surface area contributed by atoms with Gasteiger partial charge in [-0.2, -0.15) is 4.98 Å². The molecule has 1 aromatic heterocycles. The predicted molar refractivity (Wildman–Crippen MR) is 102 cm³/mol. The van der Waals surface area contributed by atoms with Gasteiger partial charge in [0.05, 0.1) is 12.5 Å². The van der Waals surface area contributed by atoms with E-state index in [-0.39, 0.29) is 5.92 Å². The van der Waals surface area contributed by atoms with Crippen LogP contribution in [0.2, 0.25) is 0 Å². The molecule has 4 heterocycles. The van der Waals surface area contributed by atoms with E-state index < -0.39 is 0 Å². The smallest absolute Gasteiger partial charge is 0.240 e. The first kappa shape index (κ1) is 18.9. The summed E-state index contributed by atoms with van der Waals surface area (Å²) < 4.78 is 5.34. The Bertz CT molecular complexity index is 620. The van der Waals surface area contributed by atoms with Gasteiger partial charge in [-0.3, -0.25) is 14.6 Å². The summed E-state index contributed by atoms with van der Waals surface area (Å²) in [4.78, 5) is 24.3. The van der Waals surface area contributed by atoms with Crippen molar-refractivity contribution in [3.05, 3.63) is 11.7 Å². The summed E-state index contributed by atoms with van der Waals surface area (Å²) in [5, 5.41) is 3.99. The highest BCUT2D eigenvalue weighted by atomic mass is 16.5. The fourth-order valence-electron chi connectivity index (χ4n) is 4.87. The molecule has 4 rings (SSSR count). The summed E-state index contributed by atoms with van der Waals surface area (Å²) in [6, 6.07) is 0.615. The van der Waals surface area contributed by atoms with E-state index >= 15 is 0 Å². The summed E-state index contributed by atoms with van der Waals surface area (Å²) in [5.74, 6) is 2.17. The Morgan fingerprint density at radius 3 is 2.56 bits per heavy atom. The molecule has 1 amide bonds. The highest BCUT2D eigenvalue weighted by Crippen LogP contribution is 2.26. The Labute approximate surface area is 162 Å². The molecule has 0 N–H and O–H groups in total. The Balaban J connectivity index is 1.25. The predicted octanol–water partition coefficient (Wildman–Crippen LogP) is 1.93. The SMILES string of the molecule is CCc1noc(CN2CCC(N3CCC[C@H](C(=O)N4CCCC4)C3)CC2)n1. The van der Waals surface area contributed by atoms with Gasteiger partial charge >= 0.3 is 0 Å². The molecule has 0 radical (unpaired) electrons. The molecule has 0 aliphatic carbocycles. The first-order valence-electron chi connectivity index (χ1n) is 10.8. The lowest BCUT2D eigenvalue weighted by atomic mass is 9.93. The third-order valence-electron chi connectivity index (χ3n) is 6.48. The maximum atomic E-state index is 12.8. The molecule has 7 heteroatoms. The van der Waals surface area contributed by atoms with E-state index in [0.717, 1.165) is 76.8 Å². The molecule has 3 fully saturated rings. The third kappa shape index (κ3) is 4.51. The van der Waals surface area contributed by atoms with Crippen LogP contribution in [0.4, 0.5) is 0 Å². The van der Waals surface area contributed by atoms with Crippen LogP contribution in [-0.4, -0.2) is 76.1 Å². The van der Waals surface area contributed by atoms with Gasteiger partial charge in [0, 0.05) is 45.2 Å². The quantitative estimate of drug-likeness (QED) is 0.784. The van der Waals surface area contributed by atoms with E-state index in [2.05, 4.69) is 24.8 Å². The van der Waals surface area contributed by atoms with Crippen molar-refractivity contribution in [2.75, 3.05) is 39.3 Å².